The second-order valence-corrected chi connectivity index (χ2v) is 4.29. The second kappa shape index (κ2) is 6.29. The van der Waals surface area contributed by atoms with Crippen molar-refractivity contribution in [2.45, 2.75) is 25.4 Å². The first kappa shape index (κ1) is 17.9. The Bertz CT molecular complexity index is 543. The molecule has 9 heteroatoms. The molecule has 0 saturated heterocycles. The molecule has 0 saturated carbocycles. The lowest BCUT2D eigenvalue weighted by molar-refractivity contribution is -0.319. The number of hydrogen-bond donors (Lipinski definition) is 1. The number of aryl methyl sites for hydroxylation is 1. The van der Waals surface area contributed by atoms with Gasteiger partial charge in [0.05, 0.1) is 6.08 Å². The maximum atomic E-state index is 12.2. The van der Waals surface area contributed by atoms with E-state index in [1.165, 1.54) is 24.3 Å². The molecule has 3 nitrogen and oxygen atoms in total. The number of allylic oxidation sites excluding steroid dienone is 1. The van der Waals surface area contributed by atoms with Crippen molar-refractivity contribution in [3.8, 4) is 0 Å². The van der Waals surface area contributed by atoms with Crippen molar-refractivity contribution in [1.29, 1.82) is 0 Å². The fourth-order valence-electron chi connectivity index (χ4n) is 1.39. The van der Waals surface area contributed by atoms with E-state index >= 15 is 0 Å². The Hall–Kier alpha value is -2.19. The monoisotopic (exact) mass is 328 g/mol. The predicted molar refractivity (Wildman–Crippen MR) is 63.2 cm³/mol. The molecule has 0 heterocycles. The summed E-state index contributed by atoms with van der Waals surface area (Å²) in [7, 11) is 0. The van der Waals surface area contributed by atoms with E-state index < -0.39 is 30.2 Å². The van der Waals surface area contributed by atoms with Crippen LogP contribution in [0.4, 0.5) is 26.3 Å². The van der Waals surface area contributed by atoms with Gasteiger partial charge in [-0.15, -0.1) is 0 Å². The molecule has 0 fully saturated rings. The third-order valence-corrected chi connectivity index (χ3v) is 2.42. The Morgan fingerprint density at radius 1 is 1.09 bits per heavy atom. The molecule has 1 aromatic rings. The van der Waals surface area contributed by atoms with Crippen molar-refractivity contribution in [2.24, 2.45) is 0 Å². The molecule has 1 rings (SSSR count). The highest BCUT2D eigenvalue weighted by molar-refractivity contribution is 6.04. The lowest BCUT2D eigenvalue weighted by atomic mass is 10.1. The largest absolute Gasteiger partial charge is 0.481 e. The lowest BCUT2D eigenvalue weighted by Gasteiger charge is -2.22. The Kier molecular flexibility index (Phi) is 5.10. The summed E-state index contributed by atoms with van der Waals surface area (Å²) >= 11 is 0. The zero-order valence-corrected chi connectivity index (χ0v) is 11.0. The van der Waals surface area contributed by atoms with Gasteiger partial charge in [0, 0.05) is 5.56 Å². The highest BCUT2D eigenvalue weighted by Gasteiger charge is 2.59. The molecule has 0 unspecified atom stereocenters. The third-order valence-electron chi connectivity index (χ3n) is 2.42. The molecule has 0 aromatic heterocycles. The number of rotatable bonds is 4. The van der Waals surface area contributed by atoms with Gasteiger partial charge in [0.2, 0.25) is 0 Å². The first-order valence-electron chi connectivity index (χ1n) is 5.73. The predicted octanol–water partition coefficient (Wildman–Crippen LogP) is 4.09. The van der Waals surface area contributed by atoms with Crippen LogP contribution in [0, 0.1) is 6.92 Å². The number of halogens is 6. The molecule has 1 aromatic carbocycles. The molecular formula is C13H10F6O3. The van der Waals surface area contributed by atoms with Crippen LogP contribution in [0.15, 0.2) is 36.3 Å². The molecule has 0 atom stereocenters. The molecule has 0 amide bonds. The van der Waals surface area contributed by atoms with Crippen molar-refractivity contribution in [3.05, 3.63) is 47.4 Å². The van der Waals surface area contributed by atoms with Crippen molar-refractivity contribution >= 4 is 5.78 Å². The van der Waals surface area contributed by atoms with Crippen LogP contribution < -0.4 is 0 Å². The maximum absolute atomic E-state index is 12.2. The summed E-state index contributed by atoms with van der Waals surface area (Å²) in [5.74, 6) is -2.77. The quantitative estimate of drug-likeness (QED) is 0.392. The van der Waals surface area contributed by atoms with E-state index in [0.717, 1.165) is 5.56 Å². The molecule has 0 aliphatic heterocycles. The number of carbonyl (C=O) groups excluding carboxylic acids is 1. The summed E-state index contributed by atoms with van der Waals surface area (Å²) in [4.78, 5) is 11.6. The summed E-state index contributed by atoms with van der Waals surface area (Å²) in [6.45, 7) is 1.71. The summed E-state index contributed by atoms with van der Waals surface area (Å²) in [5, 5.41) is 9.05. The van der Waals surface area contributed by atoms with Gasteiger partial charge in [0.15, 0.2) is 5.78 Å². The van der Waals surface area contributed by atoms with Crippen LogP contribution in [-0.2, 0) is 4.74 Å². The first-order chi connectivity index (χ1) is 9.91. The third kappa shape index (κ3) is 4.97. The zero-order valence-electron chi connectivity index (χ0n) is 11.0. The van der Waals surface area contributed by atoms with E-state index in [1.54, 1.807) is 6.92 Å². The van der Waals surface area contributed by atoms with E-state index in [9.17, 15) is 31.1 Å². The van der Waals surface area contributed by atoms with Crippen LogP contribution in [0.1, 0.15) is 15.9 Å². The molecule has 0 aliphatic carbocycles. The topological polar surface area (TPSA) is 46.5 Å². The van der Waals surface area contributed by atoms with E-state index in [0.29, 0.717) is 0 Å². The van der Waals surface area contributed by atoms with Gasteiger partial charge in [-0.05, 0) is 6.92 Å². The Morgan fingerprint density at radius 2 is 1.55 bits per heavy atom. The van der Waals surface area contributed by atoms with Gasteiger partial charge < -0.3 is 9.84 Å². The minimum absolute atomic E-state index is 0.0312. The standard InChI is InChI=1S/C13H10F6O3/c1-7-2-4-8(5-3-7)9(20)6-10(21)22-11(12(14,15)16)13(17,18)19/h2-6,11,21H,1H3/b10-6+. The van der Waals surface area contributed by atoms with Crippen LogP contribution in [0.25, 0.3) is 0 Å². The minimum Gasteiger partial charge on any atom is -0.481 e. The molecular weight excluding hydrogens is 318 g/mol. The SMILES string of the molecule is Cc1ccc(C(=O)/C=C(\O)OC(C(F)(F)F)C(F)(F)F)cc1. The van der Waals surface area contributed by atoms with Gasteiger partial charge in [-0.2, -0.15) is 26.3 Å². The summed E-state index contributed by atoms with van der Waals surface area (Å²) in [5.41, 5.74) is 0.756. The molecule has 0 aliphatic rings. The fraction of sp³-hybridized carbons (Fsp3) is 0.308. The number of aliphatic hydroxyl groups excluding tert-OH is 1. The van der Waals surface area contributed by atoms with E-state index in [4.69, 9.17) is 5.11 Å². The molecule has 0 radical (unpaired) electrons. The van der Waals surface area contributed by atoms with Crippen molar-refractivity contribution in [2.75, 3.05) is 0 Å². The number of benzene rings is 1. The molecule has 0 spiro atoms. The van der Waals surface area contributed by atoms with Gasteiger partial charge in [0.1, 0.15) is 0 Å². The number of ketones is 1. The average molecular weight is 328 g/mol. The Labute approximate surface area is 120 Å². The summed E-state index contributed by atoms with van der Waals surface area (Å²) in [6.07, 6.45) is -15.6. The van der Waals surface area contributed by atoms with Crippen LogP contribution in [0.5, 0.6) is 0 Å². The lowest BCUT2D eigenvalue weighted by Crippen LogP contribution is -2.44. The molecule has 1 N–H and O–H groups in total. The van der Waals surface area contributed by atoms with Crippen LogP contribution in [0.3, 0.4) is 0 Å². The molecule has 22 heavy (non-hydrogen) atoms. The second-order valence-electron chi connectivity index (χ2n) is 4.29. The number of ether oxygens (including phenoxy) is 1. The average Bonchev–Trinajstić information content (AvgIpc) is 2.34. The number of aliphatic hydroxyl groups is 1. The van der Waals surface area contributed by atoms with Gasteiger partial charge >= 0.3 is 12.4 Å². The van der Waals surface area contributed by atoms with Crippen molar-refractivity contribution in [3.63, 3.8) is 0 Å². The highest BCUT2D eigenvalue weighted by Crippen LogP contribution is 2.36. The van der Waals surface area contributed by atoms with Crippen LogP contribution >= 0.6 is 0 Å². The number of hydrogen-bond acceptors (Lipinski definition) is 3. The maximum Gasteiger partial charge on any atom is 0.434 e. The van der Waals surface area contributed by atoms with Crippen LogP contribution in [0.2, 0.25) is 0 Å². The minimum atomic E-state index is -5.78. The number of carbonyl (C=O) groups is 1. The van der Waals surface area contributed by atoms with Crippen LogP contribution in [-0.4, -0.2) is 29.3 Å². The first-order valence-corrected chi connectivity index (χ1v) is 5.73. The molecule has 0 bridgehead atoms. The Morgan fingerprint density at radius 3 is 1.95 bits per heavy atom. The summed E-state index contributed by atoms with van der Waals surface area (Å²) < 4.78 is 76.7. The smallest absolute Gasteiger partial charge is 0.434 e. The number of alkyl halides is 6. The van der Waals surface area contributed by atoms with Gasteiger partial charge in [-0.1, -0.05) is 29.8 Å². The van der Waals surface area contributed by atoms with Crippen molar-refractivity contribution < 1.29 is 41.0 Å². The van der Waals surface area contributed by atoms with Gasteiger partial charge in [-0.25, -0.2) is 0 Å². The van der Waals surface area contributed by atoms with Gasteiger partial charge in [-0.3, -0.25) is 4.79 Å². The van der Waals surface area contributed by atoms with E-state index in [1.807, 2.05) is 0 Å². The normalized spacial score (nSPS) is 13.4. The van der Waals surface area contributed by atoms with Crippen molar-refractivity contribution in [1.82, 2.24) is 0 Å². The van der Waals surface area contributed by atoms with E-state index in [-0.39, 0.29) is 11.6 Å². The Balaban J connectivity index is 2.92. The molecule has 122 valence electrons. The summed E-state index contributed by atoms with van der Waals surface area (Å²) in [6, 6.07) is 5.61. The highest BCUT2D eigenvalue weighted by atomic mass is 19.4. The van der Waals surface area contributed by atoms with Gasteiger partial charge in [0.25, 0.3) is 12.0 Å². The zero-order chi connectivity index (χ0) is 17.1. The fourth-order valence-corrected chi connectivity index (χ4v) is 1.39. The van der Waals surface area contributed by atoms with E-state index in [2.05, 4.69) is 4.74 Å².